The third-order valence-corrected chi connectivity index (χ3v) is 6.97. The van der Waals surface area contributed by atoms with E-state index >= 15 is 0 Å². The molecule has 1 aromatic heterocycles. The summed E-state index contributed by atoms with van der Waals surface area (Å²) in [4.78, 5) is 18.4. The minimum atomic E-state index is -3.85. The highest BCUT2D eigenvalue weighted by atomic mass is 32.2. The number of carbonyl (C=O) groups excluding carboxylic acids is 1. The van der Waals surface area contributed by atoms with E-state index in [1.807, 2.05) is 13.8 Å². The molecule has 1 saturated heterocycles. The average molecular weight is 426 g/mol. The fourth-order valence-electron chi connectivity index (χ4n) is 3.49. The number of anilines is 1. The Bertz CT molecular complexity index is 1200. The Morgan fingerprint density at radius 1 is 1.10 bits per heavy atom. The van der Waals surface area contributed by atoms with Gasteiger partial charge in [0.05, 0.1) is 18.6 Å². The van der Waals surface area contributed by atoms with E-state index in [9.17, 15) is 18.3 Å². The number of rotatable bonds is 5. The van der Waals surface area contributed by atoms with Crippen molar-refractivity contribution in [2.24, 2.45) is 5.92 Å². The first kappa shape index (κ1) is 20.3. The summed E-state index contributed by atoms with van der Waals surface area (Å²) in [6.45, 7) is 4.44. The number of sulfonamides is 1. The first-order chi connectivity index (χ1) is 14.2. The highest BCUT2D eigenvalue weighted by molar-refractivity contribution is 7.93. The number of pyridine rings is 1. The van der Waals surface area contributed by atoms with E-state index in [2.05, 4.69) is 9.71 Å². The number of hydrogen-bond acceptors (Lipinski definition) is 5. The molecule has 1 aliphatic heterocycles. The predicted molar refractivity (Wildman–Crippen MR) is 115 cm³/mol. The number of carbonyl (C=O) groups is 1. The van der Waals surface area contributed by atoms with Gasteiger partial charge in [-0.2, -0.15) is 0 Å². The van der Waals surface area contributed by atoms with Crippen LogP contribution in [0.25, 0.3) is 10.9 Å². The molecule has 2 N–H and O–H groups in total. The van der Waals surface area contributed by atoms with E-state index < -0.39 is 15.6 Å². The first-order valence-corrected chi connectivity index (χ1v) is 11.2. The molecule has 0 spiro atoms. The maximum atomic E-state index is 12.9. The van der Waals surface area contributed by atoms with Crippen molar-refractivity contribution in [1.82, 2.24) is 9.88 Å². The Hall–Kier alpha value is -2.97. The number of β-amino-alcohol motifs (C(OH)–C–C–N with tert-alkyl or cyclic N) is 1. The Balaban J connectivity index is 1.50. The molecule has 3 aromatic rings. The van der Waals surface area contributed by atoms with Crippen LogP contribution in [0.5, 0.6) is 0 Å². The molecular weight excluding hydrogens is 402 g/mol. The quantitative estimate of drug-likeness (QED) is 0.655. The molecule has 1 aliphatic rings. The molecule has 0 atom stereocenters. The third kappa shape index (κ3) is 3.64. The van der Waals surface area contributed by atoms with Crippen molar-refractivity contribution in [3.63, 3.8) is 0 Å². The van der Waals surface area contributed by atoms with Crippen molar-refractivity contribution in [3.8, 4) is 0 Å². The Morgan fingerprint density at radius 2 is 1.77 bits per heavy atom. The number of likely N-dealkylation sites (tertiary alicyclic amines) is 1. The lowest BCUT2D eigenvalue weighted by atomic mass is 9.82. The van der Waals surface area contributed by atoms with Gasteiger partial charge in [0.15, 0.2) is 0 Å². The standard InChI is InChI=1S/C22H23N3O4S/c1-15(2)22(27)13-25(14-22)21(26)17-8-10-18(11-9-17)24-30(28,29)19-7-3-5-16-6-4-12-23-20(16)19/h3-12,15,24,27H,13-14H2,1-2H3. The zero-order valence-electron chi connectivity index (χ0n) is 16.7. The number of aromatic nitrogens is 1. The zero-order chi connectivity index (χ0) is 21.5. The molecule has 2 aromatic carbocycles. The molecule has 2 heterocycles. The van der Waals surface area contributed by atoms with Gasteiger partial charge >= 0.3 is 0 Å². The molecule has 0 saturated carbocycles. The first-order valence-electron chi connectivity index (χ1n) is 9.68. The third-order valence-electron chi connectivity index (χ3n) is 5.56. The van der Waals surface area contributed by atoms with Gasteiger partial charge in [-0.3, -0.25) is 14.5 Å². The minimum Gasteiger partial charge on any atom is -0.386 e. The number of fused-ring (bicyclic) bond motifs is 1. The van der Waals surface area contributed by atoms with Gasteiger partial charge in [-0.15, -0.1) is 0 Å². The Labute approximate surface area is 175 Å². The van der Waals surface area contributed by atoms with E-state index in [0.29, 0.717) is 29.9 Å². The monoisotopic (exact) mass is 425 g/mol. The summed E-state index contributed by atoms with van der Waals surface area (Å²) in [5.41, 5.74) is 0.352. The van der Waals surface area contributed by atoms with E-state index in [0.717, 1.165) is 5.39 Å². The van der Waals surface area contributed by atoms with E-state index in [-0.39, 0.29) is 16.7 Å². The number of nitrogens with one attached hydrogen (secondary N) is 1. The predicted octanol–water partition coefficient (Wildman–Crippen LogP) is 2.88. The maximum absolute atomic E-state index is 12.9. The molecule has 1 amide bonds. The lowest BCUT2D eigenvalue weighted by Crippen LogP contribution is -2.65. The minimum absolute atomic E-state index is 0.0712. The lowest BCUT2D eigenvalue weighted by molar-refractivity contribution is -0.110. The molecule has 0 bridgehead atoms. The van der Waals surface area contributed by atoms with Crippen LogP contribution in [0.2, 0.25) is 0 Å². The van der Waals surface area contributed by atoms with Crippen LogP contribution >= 0.6 is 0 Å². The van der Waals surface area contributed by atoms with Crippen molar-refractivity contribution in [2.75, 3.05) is 17.8 Å². The fraction of sp³-hybridized carbons (Fsp3) is 0.273. The van der Waals surface area contributed by atoms with Crippen molar-refractivity contribution in [3.05, 3.63) is 66.4 Å². The summed E-state index contributed by atoms with van der Waals surface area (Å²) < 4.78 is 28.3. The molecule has 156 valence electrons. The average Bonchev–Trinajstić information content (AvgIpc) is 2.70. The summed E-state index contributed by atoms with van der Waals surface area (Å²) in [7, 11) is -3.85. The van der Waals surface area contributed by atoms with Gasteiger partial charge in [0.2, 0.25) is 0 Å². The number of aliphatic hydroxyl groups is 1. The summed E-state index contributed by atoms with van der Waals surface area (Å²) in [6.07, 6.45) is 1.55. The zero-order valence-corrected chi connectivity index (χ0v) is 17.6. The molecule has 0 unspecified atom stereocenters. The summed E-state index contributed by atoms with van der Waals surface area (Å²) in [6, 6.07) is 14.8. The topological polar surface area (TPSA) is 99.6 Å². The van der Waals surface area contributed by atoms with Crippen molar-refractivity contribution in [1.29, 1.82) is 0 Å². The van der Waals surface area contributed by atoms with Crippen LogP contribution in [0.3, 0.4) is 0 Å². The van der Waals surface area contributed by atoms with Gasteiger partial charge in [0.25, 0.3) is 15.9 Å². The SMILES string of the molecule is CC(C)C1(O)CN(C(=O)c2ccc(NS(=O)(=O)c3cccc4cccnc34)cc2)C1. The van der Waals surface area contributed by atoms with Gasteiger partial charge in [0.1, 0.15) is 10.5 Å². The van der Waals surface area contributed by atoms with E-state index in [4.69, 9.17) is 0 Å². The maximum Gasteiger partial charge on any atom is 0.264 e. The van der Waals surface area contributed by atoms with Crippen molar-refractivity contribution >= 4 is 32.5 Å². The van der Waals surface area contributed by atoms with E-state index in [1.165, 1.54) is 6.07 Å². The van der Waals surface area contributed by atoms with Gasteiger partial charge in [0, 0.05) is 22.8 Å². The molecular formula is C22H23N3O4S. The smallest absolute Gasteiger partial charge is 0.264 e. The molecule has 4 rings (SSSR count). The number of nitrogens with zero attached hydrogens (tertiary/aromatic N) is 2. The molecule has 1 fully saturated rings. The van der Waals surface area contributed by atoms with Gasteiger partial charge in [-0.25, -0.2) is 8.42 Å². The number of para-hydroxylation sites is 1. The summed E-state index contributed by atoms with van der Waals surface area (Å²) in [5, 5.41) is 11.1. The number of amides is 1. The Kier molecular flexibility index (Phi) is 4.99. The Morgan fingerprint density at radius 3 is 2.43 bits per heavy atom. The fourth-order valence-corrected chi connectivity index (χ4v) is 4.73. The normalized spacial score (nSPS) is 15.8. The number of hydrogen-bond donors (Lipinski definition) is 2. The molecule has 30 heavy (non-hydrogen) atoms. The second kappa shape index (κ2) is 7.37. The molecule has 8 heteroatoms. The van der Waals surface area contributed by atoms with Crippen LogP contribution in [0.15, 0.2) is 65.7 Å². The lowest BCUT2D eigenvalue weighted by Gasteiger charge is -2.49. The highest BCUT2D eigenvalue weighted by Gasteiger charge is 2.45. The second-order valence-electron chi connectivity index (χ2n) is 7.93. The van der Waals surface area contributed by atoms with Crippen LogP contribution in [-0.2, 0) is 10.0 Å². The van der Waals surface area contributed by atoms with Crippen LogP contribution in [0.4, 0.5) is 5.69 Å². The summed E-state index contributed by atoms with van der Waals surface area (Å²) in [5.74, 6) is -0.116. The van der Waals surface area contributed by atoms with Gasteiger partial charge in [-0.1, -0.05) is 32.0 Å². The molecule has 7 nitrogen and oxygen atoms in total. The van der Waals surface area contributed by atoms with Crippen LogP contribution in [0, 0.1) is 5.92 Å². The van der Waals surface area contributed by atoms with Crippen LogP contribution in [0.1, 0.15) is 24.2 Å². The summed E-state index contributed by atoms with van der Waals surface area (Å²) >= 11 is 0. The molecule has 0 radical (unpaired) electrons. The van der Waals surface area contributed by atoms with Gasteiger partial charge in [-0.05, 0) is 42.3 Å². The van der Waals surface area contributed by atoms with Gasteiger partial charge < -0.3 is 10.0 Å². The molecule has 0 aliphatic carbocycles. The van der Waals surface area contributed by atoms with Crippen molar-refractivity contribution in [2.45, 2.75) is 24.3 Å². The highest BCUT2D eigenvalue weighted by Crippen LogP contribution is 2.30. The van der Waals surface area contributed by atoms with Crippen molar-refractivity contribution < 1.29 is 18.3 Å². The van der Waals surface area contributed by atoms with Crippen LogP contribution in [-0.4, -0.2) is 48.0 Å². The largest absolute Gasteiger partial charge is 0.386 e. The van der Waals surface area contributed by atoms with Crippen LogP contribution < -0.4 is 4.72 Å². The van der Waals surface area contributed by atoms with E-state index in [1.54, 1.807) is 59.6 Å². The second-order valence-corrected chi connectivity index (χ2v) is 9.58. The number of benzene rings is 2.